The predicted molar refractivity (Wildman–Crippen MR) is 112 cm³/mol. The molecule has 0 aliphatic rings. The fourth-order valence-corrected chi connectivity index (χ4v) is 3.84. The molecule has 0 saturated carbocycles. The number of rotatable bonds is 10. The van der Waals surface area contributed by atoms with E-state index in [9.17, 15) is 0 Å². The Labute approximate surface area is 158 Å². The summed E-state index contributed by atoms with van der Waals surface area (Å²) in [5.41, 5.74) is 0. The second kappa shape index (κ2) is 11.5. The van der Waals surface area contributed by atoms with Crippen molar-refractivity contribution in [3.05, 3.63) is 22.4 Å². The van der Waals surface area contributed by atoms with Crippen LogP contribution in [0.4, 0.5) is 0 Å². The number of guanidine groups is 1. The number of nitrogens with zero attached hydrogens (tertiary/aromatic N) is 3. The molecule has 1 atom stereocenters. The Morgan fingerprint density at radius 1 is 1.16 bits per heavy atom. The number of likely N-dealkylation sites (N-methyl/N-ethyl adjacent to an activating group) is 1. The van der Waals surface area contributed by atoms with Crippen molar-refractivity contribution in [2.24, 2.45) is 4.99 Å². The van der Waals surface area contributed by atoms with Crippen molar-refractivity contribution in [2.75, 3.05) is 40.3 Å². The van der Waals surface area contributed by atoms with Gasteiger partial charge in [0.05, 0.1) is 12.6 Å². The van der Waals surface area contributed by atoms with Crippen LogP contribution in [0.5, 0.6) is 0 Å². The predicted octanol–water partition coefficient (Wildman–Crippen LogP) is 3.02. The number of hydrogen-bond donors (Lipinski definition) is 2. The van der Waals surface area contributed by atoms with Crippen molar-refractivity contribution in [2.45, 2.75) is 52.7 Å². The lowest BCUT2D eigenvalue weighted by molar-refractivity contribution is 0.178. The Morgan fingerprint density at radius 3 is 2.32 bits per heavy atom. The highest BCUT2D eigenvalue weighted by Gasteiger charge is 2.15. The summed E-state index contributed by atoms with van der Waals surface area (Å²) >= 11 is 1.79. The van der Waals surface area contributed by atoms with Gasteiger partial charge < -0.3 is 15.5 Å². The van der Waals surface area contributed by atoms with E-state index in [2.05, 4.69) is 86.7 Å². The van der Waals surface area contributed by atoms with Gasteiger partial charge in [0.15, 0.2) is 5.96 Å². The van der Waals surface area contributed by atoms with Crippen LogP contribution in [0.25, 0.3) is 0 Å². The summed E-state index contributed by atoms with van der Waals surface area (Å²) in [6.07, 6.45) is 0. The Bertz CT molecular complexity index is 474. The molecule has 2 N–H and O–H groups in total. The minimum absolute atomic E-state index is 0.318. The van der Waals surface area contributed by atoms with Crippen LogP contribution < -0.4 is 10.6 Å². The number of aliphatic imine (C=N–C) groups is 1. The van der Waals surface area contributed by atoms with Gasteiger partial charge in [-0.3, -0.25) is 9.89 Å². The Kier molecular flexibility index (Phi) is 10.1. The molecule has 0 aliphatic heterocycles. The first-order valence-corrected chi connectivity index (χ1v) is 10.2. The largest absolute Gasteiger partial charge is 0.357 e. The van der Waals surface area contributed by atoms with Gasteiger partial charge in [-0.1, -0.05) is 6.07 Å². The van der Waals surface area contributed by atoms with E-state index in [0.29, 0.717) is 18.1 Å². The molecule has 1 heterocycles. The van der Waals surface area contributed by atoms with E-state index in [1.807, 2.05) is 0 Å². The first-order valence-electron chi connectivity index (χ1n) is 9.34. The zero-order chi connectivity index (χ0) is 18.8. The number of nitrogens with one attached hydrogen (secondary N) is 2. The number of hydrogen-bond acceptors (Lipinski definition) is 4. The maximum atomic E-state index is 4.82. The highest BCUT2D eigenvalue weighted by atomic mass is 32.1. The highest BCUT2D eigenvalue weighted by molar-refractivity contribution is 7.10. The van der Waals surface area contributed by atoms with Gasteiger partial charge in [0.25, 0.3) is 0 Å². The normalized spacial score (nSPS) is 14.0. The molecule has 1 rings (SSSR count). The molecule has 0 radical (unpaired) electrons. The fourth-order valence-electron chi connectivity index (χ4n) is 2.92. The third-order valence-corrected chi connectivity index (χ3v) is 5.22. The maximum absolute atomic E-state index is 4.82. The lowest BCUT2D eigenvalue weighted by Crippen LogP contribution is -2.45. The summed E-state index contributed by atoms with van der Waals surface area (Å²) in [4.78, 5) is 10.9. The van der Waals surface area contributed by atoms with Gasteiger partial charge in [-0.2, -0.15) is 0 Å². The van der Waals surface area contributed by atoms with Crippen LogP contribution in [0.15, 0.2) is 22.5 Å². The first kappa shape index (κ1) is 21.9. The van der Waals surface area contributed by atoms with E-state index in [-0.39, 0.29) is 0 Å². The molecule has 0 saturated heterocycles. The molecular formula is C19H37N5S. The van der Waals surface area contributed by atoms with Gasteiger partial charge in [-0.05, 0) is 60.2 Å². The molecule has 1 unspecified atom stereocenters. The minimum Gasteiger partial charge on any atom is -0.357 e. The highest BCUT2D eigenvalue weighted by Crippen LogP contribution is 2.23. The third kappa shape index (κ3) is 7.75. The molecule has 0 aliphatic carbocycles. The number of thiophene rings is 1. The fraction of sp³-hybridized carbons (Fsp3) is 0.737. The summed E-state index contributed by atoms with van der Waals surface area (Å²) in [5, 5.41) is 8.97. The van der Waals surface area contributed by atoms with E-state index in [4.69, 9.17) is 4.99 Å². The Morgan fingerprint density at radius 2 is 1.84 bits per heavy atom. The van der Waals surface area contributed by atoms with Gasteiger partial charge in [0.2, 0.25) is 0 Å². The molecule has 0 fully saturated rings. The molecule has 0 bridgehead atoms. The van der Waals surface area contributed by atoms with E-state index >= 15 is 0 Å². The standard InChI is InChI=1S/C19H37N5S/c1-8-20-19(21-11-12-24(15(2)3)16(4)5)22-14-17(23(6)7)18-10-9-13-25-18/h9-10,13,15-17H,8,11-12,14H2,1-7H3,(H2,20,21,22). The molecule has 144 valence electrons. The SMILES string of the molecule is CCNC(=NCC(c1cccs1)N(C)C)NCCN(C(C)C)C(C)C. The second-order valence-electron chi connectivity index (χ2n) is 7.07. The van der Waals surface area contributed by atoms with Gasteiger partial charge in [0.1, 0.15) is 0 Å². The van der Waals surface area contributed by atoms with Crippen LogP contribution in [0, 0.1) is 0 Å². The topological polar surface area (TPSA) is 42.9 Å². The van der Waals surface area contributed by atoms with E-state index in [0.717, 1.165) is 32.1 Å². The van der Waals surface area contributed by atoms with E-state index in [1.165, 1.54) is 4.88 Å². The maximum Gasteiger partial charge on any atom is 0.191 e. The van der Waals surface area contributed by atoms with Gasteiger partial charge in [-0.15, -0.1) is 11.3 Å². The quantitative estimate of drug-likeness (QED) is 0.493. The molecule has 1 aromatic rings. The zero-order valence-electron chi connectivity index (χ0n) is 17.0. The lowest BCUT2D eigenvalue weighted by Gasteiger charge is -2.30. The van der Waals surface area contributed by atoms with Crippen LogP contribution in [-0.2, 0) is 0 Å². The molecule has 0 amide bonds. The summed E-state index contributed by atoms with van der Waals surface area (Å²) in [5.74, 6) is 0.901. The molecule has 0 aromatic carbocycles. The average molecular weight is 368 g/mol. The first-order chi connectivity index (χ1) is 11.9. The van der Waals surface area contributed by atoms with Crippen molar-refractivity contribution in [3.63, 3.8) is 0 Å². The molecule has 0 spiro atoms. The summed E-state index contributed by atoms with van der Waals surface area (Å²) < 4.78 is 0. The van der Waals surface area contributed by atoms with E-state index < -0.39 is 0 Å². The lowest BCUT2D eigenvalue weighted by atomic mass is 10.2. The molecule has 1 aromatic heterocycles. The smallest absolute Gasteiger partial charge is 0.191 e. The van der Waals surface area contributed by atoms with Crippen LogP contribution in [-0.4, -0.2) is 68.1 Å². The van der Waals surface area contributed by atoms with Crippen LogP contribution in [0.1, 0.15) is 45.5 Å². The summed E-state index contributed by atoms with van der Waals surface area (Å²) in [6, 6.07) is 5.72. The minimum atomic E-state index is 0.318. The monoisotopic (exact) mass is 367 g/mol. The van der Waals surface area contributed by atoms with Crippen molar-refractivity contribution in [1.29, 1.82) is 0 Å². The summed E-state index contributed by atoms with van der Waals surface area (Å²) in [7, 11) is 4.23. The Hall–Kier alpha value is -1.11. The van der Waals surface area contributed by atoms with Crippen LogP contribution >= 0.6 is 11.3 Å². The van der Waals surface area contributed by atoms with Crippen LogP contribution in [0.3, 0.4) is 0 Å². The molecule has 6 heteroatoms. The third-order valence-electron chi connectivity index (χ3n) is 4.25. The van der Waals surface area contributed by atoms with Gasteiger partial charge in [0, 0.05) is 36.6 Å². The molecular weight excluding hydrogens is 330 g/mol. The molecule has 5 nitrogen and oxygen atoms in total. The van der Waals surface area contributed by atoms with E-state index in [1.54, 1.807) is 11.3 Å². The van der Waals surface area contributed by atoms with Gasteiger partial charge >= 0.3 is 0 Å². The average Bonchev–Trinajstić information content (AvgIpc) is 3.04. The van der Waals surface area contributed by atoms with Crippen molar-refractivity contribution >= 4 is 17.3 Å². The zero-order valence-corrected chi connectivity index (χ0v) is 17.9. The van der Waals surface area contributed by atoms with Crippen molar-refractivity contribution in [1.82, 2.24) is 20.4 Å². The Balaban J connectivity index is 2.63. The van der Waals surface area contributed by atoms with Crippen molar-refractivity contribution < 1.29 is 0 Å². The van der Waals surface area contributed by atoms with Crippen LogP contribution in [0.2, 0.25) is 0 Å². The van der Waals surface area contributed by atoms with Gasteiger partial charge in [-0.25, -0.2) is 0 Å². The summed E-state index contributed by atoms with van der Waals surface area (Å²) in [6.45, 7) is 14.6. The molecule has 25 heavy (non-hydrogen) atoms. The van der Waals surface area contributed by atoms with Crippen molar-refractivity contribution in [3.8, 4) is 0 Å². The second-order valence-corrected chi connectivity index (χ2v) is 8.05.